The molecule has 3 aliphatic rings. The molecule has 3 heterocycles. The van der Waals surface area contributed by atoms with Gasteiger partial charge >= 0.3 is 0 Å². The Bertz CT molecular complexity index is 2430. The average molecular weight is 671 g/mol. The number of pyridine rings is 2. The van der Waals surface area contributed by atoms with Gasteiger partial charge in [0.05, 0.1) is 11.4 Å². The lowest BCUT2D eigenvalue weighted by Gasteiger charge is -2.45. The summed E-state index contributed by atoms with van der Waals surface area (Å²) >= 11 is 0. The van der Waals surface area contributed by atoms with Gasteiger partial charge in [0, 0.05) is 46.9 Å². The summed E-state index contributed by atoms with van der Waals surface area (Å²) in [5.74, 6) is 2.07. The predicted octanol–water partition coefficient (Wildman–Crippen LogP) is 11.6. The lowest BCUT2D eigenvalue weighted by atomic mass is 9.58. The molecule has 3 atom stereocenters. The molecular formula is C48H38N4. The molecule has 4 heteroatoms. The number of benzene rings is 4. The third kappa shape index (κ3) is 5.12. The Morgan fingerprint density at radius 1 is 0.538 bits per heavy atom. The van der Waals surface area contributed by atoms with E-state index in [9.17, 15) is 0 Å². The molecule has 250 valence electrons. The Labute approximate surface area is 305 Å². The Kier molecular flexibility index (Phi) is 7.31. The van der Waals surface area contributed by atoms with Crippen LogP contribution in [-0.2, 0) is 5.41 Å². The first-order chi connectivity index (χ1) is 25.6. The molecule has 3 aromatic heterocycles. The SMILES string of the molecule is CC1C=C2CC(CCC23c2cc(-c4ccccc4)ccc2-c2ccc(-c4cccc(-c5cc(-c6ccncc6)nc(-c6ccncc6)n5)c4)cc23)C1. The van der Waals surface area contributed by atoms with E-state index in [1.807, 2.05) is 36.7 Å². The van der Waals surface area contributed by atoms with Gasteiger partial charge in [0.25, 0.3) is 0 Å². The van der Waals surface area contributed by atoms with Gasteiger partial charge < -0.3 is 0 Å². The van der Waals surface area contributed by atoms with Gasteiger partial charge in [-0.3, -0.25) is 9.97 Å². The molecule has 1 saturated carbocycles. The van der Waals surface area contributed by atoms with Crippen LogP contribution in [0, 0.1) is 11.8 Å². The molecule has 3 aliphatic carbocycles. The Morgan fingerprint density at radius 2 is 1.13 bits per heavy atom. The highest BCUT2D eigenvalue weighted by molar-refractivity contribution is 5.88. The second-order valence-electron chi connectivity index (χ2n) is 14.8. The molecule has 52 heavy (non-hydrogen) atoms. The highest BCUT2D eigenvalue weighted by atomic mass is 14.9. The maximum atomic E-state index is 5.10. The van der Waals surface area contributed by atoms with Crippen LogP contribution in [0.3, 0.4) is 0 Å². The van der Waals surface area contributed by atoms with Crippen molar-refractivity contribution in [3.63, 3.8) is 0 Å². The smallest absolute Gasteiger partial charge is 0.160 e. The van der Waals surface area contributed by atoms with Crippen molar-refractivity contribution in [3.05, 3.63) is 169 Å². The van der Waals surface area contributed by atoms with E-state index < -0.39 is 0 Å². The van der Waals surface area contributed by atoms with Crippen molar-refractivity contribution < 1.29 is 0 Å². The van der Waals surface area contributed by atoms with E-state index in [4.69, 9.17) is 9.97 Å². The largest absolute Gasteiger partial charge is 0.265 e. The molecule has 1 fully saturated rings. The maximum absolute atomic E-state index is 5.10. The standard InChI is InChI=1S/C48H38N4/c1-31-24-32-14-19-48(40(25-31)26-32)43-28-37(33-6-3-2-4-7-33)10-12-41(43)42-13-11-38(29-44(42)48)36-8-5-9-39(27-36)46-30-45(34-15-20-49-21-16-34)51-47(52-46)35-17-22-50-23-18-35/h2-13,15-18,20-23,25,27-32H,14,19,24,26H2,1H3. The molecule has 0 amide bonds. The van der Waals surface area contributed by atoms with E-state index in [0.29, 0.717) is 11.7 Å². The van der Waals surface area contributed by atoms with Crippen LogP contribution in [-0.4, -0.2) is 19.9 Å². The van der Waals surface area contributed by atoms with Crippen molar-refractivity contribution >= 4 is 0 Å². The second-order valence-corrected chi connectivity index (χ2v) is 14.8. The van der Waals surface area contributed by atoms with Crippen molar-refractivity contribution in [1.29, 1.82) is 0 Å². The van der Waals surface area contributed by atoms with Crippen LogP contribution in [0.1, 0.15) is 43.7 Å². The van der Waals surface area contributed by atoms with E-state index >= 15 is 0 Å². The summed E-state index contributed by atoms with van der Waals surface area (Å²) in [5.41, 5.74) is 17.0. The summed E-state index contributed by atoms with van der Waals surface area (Å²) < 4.78 is 0. The number of hydrogen-bond donors (Lipinski definition) is 0. The lowest BCUT2D eigenvalue weighted by Crippen LogP contribution is -2.36. The second kappa shape index (κ2) is 12.3. The quantitative estimate of drug-likeness (QED) is 0.171. The van der Waals surface area contributed by atoms with Crippen molar-refractivity contribution in [2.24, 2.45) is 11.8 Å². The van der Waals surface area contributed by atoms with Gasteiger partial charge in [0.15, 0.2) is 5.82 Å². The summed E-state index contributed by atoms with van der Waals surface area (Å²) in [6.45, 7) is 2.41. The fraction of sp³-hybridized carbons (Fsp3) is 0.167. The van der Waals surface area contributed by atoms with Crippen LogP contribution in [0.5, 0.6) is 0 Å². The summed E-state index contributed by atoms with van der Waals surface area (Å²) in [4.78, 5) is 18.5. The fourth-order valence-corrected chi connectivity index (χ4v) is 9.29. The molecule has 4 nitrogen and oxygen atoms in total. The van der Waals surface area contributed by atoms with Gasteiger partial charge in [0.1, 0.15) is 0 Å². The Balaban J connectivity index is 1.11. The maximum Gasteiger partial charge on any atom is 0.160 e. The molecule has 0 N–H and O–H groups in total. The molecular weight excluding hydrogens is 633 g/mol. The van der Waals surface area contributed by atoms with Crippen LogP contribution in [0.4, 0.5) is 0 Å². The molecule has 3 unspecified atom stereocenters. The highest BCUT2D eigenvalue weighted by Crippen LogP contribution is 2.61. The molecule has 0 aliphatic heterocycles. The van der Waals surface area contributed by atoms with Crippen molar-refractivity contribution in [2.75, 3.05) is 0 Å². The molecule has 7 aromatic rings. The summed E-state index contributed by atoms with van der Waals surface area (Å²) in [7, 11) is 0. The first-order valence-corrected chi connectivity index (χ1v) is 18.5. The Hall–Kier alpha value is -6.00. The zero-order chi connectivity index (χ0) is 34.6. The minimum Gasteiger partial charge on any atom is -0.265 e. The number of rotatable bonds is 5. The summed E-state index contributed by atoms with van der Waals surface area (Å²) in [6.07, 6.45) is 14.8. The van der Waals surface area contributed by atoms with Crippen LogP contribution in [0.15, 0.2) is 158 Å². The topological polar surface area (TPSA) is 51.6 Å². The number of allylic oxidation sites excluding steroid dienone is 2. The normalized spacial score (nSPS) is 19.9. The number of nitrogens with zero attached hydrogens (tertiary/aromatic N) is 4. The van der Waals surface area contributed by atoms with E-state index in [2.05, 4.69) is 120 Å². The highest BCUT2D eigenvalue weighted by Gasteiger charge is 2.49. The fourth-order valence-electron chi connectivity index (χ4n) is 9.29. The van der Waals surface area contributed by atoms with Gasteiger partial charge in [0.2, 0.25) is 0 Å². The zero-order valence-corrected chi connectivity index (χ0v) is 29.2. The molecule has 0 radical (unpaired) electrons. The zero-order valence-electron chi connectivity index (χ0n) is 29.2. The lowest BCUT2D eigenvalue weighted by molar-refractivity contribution is 0.284. The van der Waals surface area contributed by atoms with Crippen molar-refractivity contribution in [1.82, 2.24) is 19.9 Å². The summed E-state index contributed by atoms with van der Waals surface area (Å²) in [5, 5.41) is 0. The Morgan fingerprint density at radius 3 is 1.85 bits per heavy atom. The van der Waals surface area contributed by atoms with Gasteiger partial charge in [-0.1, -0.05) is 91.4 Å². The molecule has 0 saturated heterocycles. The predicted molar refractivity (Wildman–Crippen MR) is 210 cm³/mol. The molecule has 4 aromatic carbocycles. The number of hydrogen-bond acceptors (Lipinski definition) is 4. The minimum absolute atomic E-state index is 0.0974. The van der Waals surface area contributed by atoms with Gasteiger partial charge in [-0.15, -0.1) is 0 Å². The van der Waals surface area contributed by atoms with Crippen LogP contribution >= 0.6 is 0 Å². The number of fused-ring (bicyclic) bond motifs is 8. The van der Waals surface area contributed by atoms with E-state index in [1.54, 1.807) is 18.0 Å². The van der Waals surface area contributed by atoms with Crippen LogP contribution in [0.2, 0.25) is 0 Å². The van der Waals surface area contributed by atoms with Gasteiger partial charge in [-0.05, 0) is 131 Å². The summed E-state index contributed by atoms with van der Waals surface area (Å²) in [6, 6.07) is 44.2. The van der Waals surface area contributed by atoms with Crippen molar-refractivity contribution in [3.8, 4) is 67.3 Å². The number of aromatic nitrogens is 4. The first-order valence-electron chi connectivity index (χ1n) is 18.5. The molecule has 1 spiro atoms. The first kappa shape index (κ1) is 30.8. The minimum atomic E-state index is -0.0974. The third-order valence-electron chi connectivity index (χ3n) is 11.7. The monoisotopic (exact) mass is 670 g/mol. The van der Waals surface area contributed by atoms with Crippen LogP contribution < -0.4 is 0 Å². The van der Waals surface area contributed by atoms with Crippen LogP contribution in [0.25, 0.3) is 67.3 Å². The average Bonchev–Trinajstić information content (AvgIpc) is 3.49. The van der Waals surface area contributed by atoms with E-state index in [1.165, 1.54) is 63.8 Å². The third-order valence-corrected chi connectivity index (χ3v) is 11.7. The van der Waals surface area contributed by atoms with E-state index in [-0.39, 0.29) is 5.41 Å². The van der Waals surface area contributed by atoms with Gasteiger partial charge in [-0.25, -0.2) is 9.97 Å². The van der Waals surface area contributed by atoms with E-state index in [0.717, 1.165) is 40.4 Å². The molecule has 10 rings (SSSR count). The molecule has 2 bridgehead atoms. The van der Waals surface area contributed by atoms with Gasteiger partial charge in [-0.2, -0.15) is 0 Å². The van der Waals surface area contributed by atoms with Crippen molar-refractivity contribution in [2.45, 2.75) is 38.0 Å².